The van der Waals surface area contributed by atoms with Crippen LogP contribution >= 0.6 is 11.6 Å². The number of nitrogens with zero attached hydrogens (tertiary/aromatic N) is 8. The Bertz CT molecular complexity index is 2190. The summed E-state index contributed by atoms with van der Waals surface area (Å²) in [5, 5.41) is 23.6. The van der Waals surface area contributed by atoms with Gasteiger partial charge in [-0.05, 0) is 68.9 Å². The molecule has 56 heavy (non-hydrogen) atoms. The number of amides is 1. The van der Waals surface area contributed by atoms with E-state index < -0.39 is 29.6 Å². The van der Waals surface area contributed by atoms with E-state index in [1.54, 1.807) is 4.90 Å². The predicted octanol–water partition coefficient (Wildman–Crippen LogP) is 6.48. The van der Waals surface area contributed by atoms with Crippen LogP contribution in [0.4, 0.5) is 22.0 Å². The van der Waals surface area contributed by atoms with Crippen LogP contribution in [0, 0.1) is 21.4 Å². The second-order valence-electron chi connectivity index (χ2n) is 14.4. The highest BCUT2D eigenvalue weighted by molar-refractivity contribution is 6.36. The number of nitro groups is 1. The summed E-state index contributed by atoms with van der Waals surface area (Å²) in [6, 6.07) is 19.4. The highest BCUT2D eigenvalue weighted by atomic mass is 35.5. The number of carbonyl (C=O) groups is 2. The first kappa shape index (κ1) is 38.5. The summed E-state index contributed by atoms with van der Waals surface area (Å²) in [5.74, 6) is 1.27. The molecular weight excluding hydrogens is 736 g/mol. The second kappa shape index (κ2) is 16.9. The van der Waals surface area contributed by atoms with E-state index in [2.05, 4.69) is 58.7 Å². The summed E-state index contributed by atoms with van der Waals surface area (Å²) < 4.78 is 10.2. The molecule has 14 nitrogen and oxygen atoms in total. The van der Waals surface area contributed by atoms with Crippen molar-refractivity contribution in [2.45, 2.75) is 57.2 Å². The molecule has 3 aromatic carbocycles. The van der Waals surface area contributed by atoms with Crippen molar-refractivity contribution in [2.75, 3.05) is 56.2 Å². The molecule has 3 aliphatic rings. The molecule has 15 heteroatoms. The molecular formula is C41H43ClN8O6. The lowest BCUT2D eigenvalue weighted by molar-refractivity contribution is -0.384. The van der Waals surface area contributed by atoms with Crippen molar-refractivity contribution < 1.29 is 24.0 Å². The van der Waals surface area contributed by atoms with Gasteiger partial charge in [0.25, 0.3) is 11.6 Å². The van der Waals surface area contributed by atoms with Crippen LogP contribution < -0.4 is 14.5 Å². The van der Waals surface area contributed by atoms with E-state index in [9.17, 15) is 25.0 Å². The lowest BCUT2D eigenvalue weighted by Gasteiger charge is -2.42. The van der Waals surface area contributed by atoms with Crippen molar-refractivity contribution in [3.8, 4) is 11.8 Å². The fourth-order valence-corrected chi connectivity index (χ4v) is 8.27. The standard InChI is InChI=1S/C41H43ClN8O6/c1-27(26-55-41(52)56-32-14-11-30(12-15-32)50(53)54)40(51)49-23-22-48(24-31(49)17-19-43)39-33-18-21-47(36-10-4-7-28-6-3-9-34(42)38(28)36)25-35(33)44-37(45-39)16-13-29-8-5-20-46(29)2/h3-4,6-7,9-12,14-15,29,31H,1,5,8,13,16-18,20-26H2,2H3/t29-,31-/m0/s1. The number of hydrogen-bond donors (Lipinski definition) is 0. The first-order valence-electron chi connectivity index (χ1n) is 18.8. The van der Waals surface area contributed by atoms with Gasteiger partial charge in [-0.25, -0.2) is 14.8 Å². The number of benzene rings is 3. The van der Waals surface area contributed by atoms with Crippen molar-refractivity contribution in [1.29, 1.82) is 5.26 Å². The number of aryl methyl sites for hydroxylation is 1. The molecule has 2 fully saturated rings. The van der Waals surface area contributed by atoms with E-state index in [-0.39, 0.29) is 23.4 Å². The van der Waals surface area contributed by atoms with Gasteiger partial charge in [0.05, 0.1) is 40.7 Å². The van der Waals surface area contributed by atoms with Crippen LogP contribution in [-0.2, 0) is 28.9 Å². The van der Waals surface area contributed by atoms with Gasteiger partial charge >= 0.3 is 6.16 Å². The van der Waals surface area contributed by atoms with Crippen molar-refractivity contribution >= 4 is 51.6 Å². The number of likely N-dealkylation sites (tertiary alicyclic amines) is 1. The van der Waals surface area contributed by atoms with E-state index in [4.69, 9.17) is 31.0 Å². The maximum atomic E-state index is 13.7. The molecule has 2 saturated heterocycles. The number of non-ortho nitro benzene ring substituents is 1. The number of nitro benzene ring substituents is 1. The Hall–Kier alpha value is -5.78. The third-order valence-electron chi connectivity index (χ3n) is 10.9. The number of carbonyl (C=O) groups excluding carboxylic acids is 2. The topological polar surface area (TPSA) is 158 Å². The van der Waals surface area contributed by atoms with Crippen LogP contribution in [0.25, 0.3) is 10.8 Å². The van der Waals surface area contributed by atoms with Gasteiger partial charge in [0, 0.05) is 73.0 Å². The van der Waals surface area contributed by atoms with Gasteiger partial charge in [-0.1, -0.05) is 42.4 Å². The summed E-state index contributed by atoms with van der Waals surface area (Å²) in [4.78, 5) is 55.3. The molecule has 4 aromatic rings. The smallest absolute Gasteiger partial charge is 0.429 e. The summed E-state index contributed by atoms with van der Waals surface area (Å²) in [6.07, 6.45) is 3.76. The maximum Gasteiger partial charge on any atom is 0.514 e. The predicted molar refractivity (Wildman–Crippen MR) is 212 cm³/mol. The summed E-state index contributed by atoms with van der Waals surface area (Å²) >= 11 is 6.75. The molecule has 0 N–H and O–H groups in total. The highest BCUT2D eigenvalue weighted by Crippen LogP contribution is 2.37. The average Bonchev–Trinajstić information content (AvgIpc) is 3.62. The number of fused-ring (bicyclic) bond motifs is 2. The summed E-state index contributed by atoms with van der Waals surface area (Å²) in [5.41, 5.74) is 2.99. The van der Waals surface area contributed by atoms with Crippen LogP contribution in [0.15, 0.2) is 72.8 Å². The molecule has 1 aromatic heterocycles. The quantitative estimate of drug-likeness (QED) is 0.0537. The van der Waals surface area contributed by atoms with E-state index >= 15 is 0 Å². The molecule has 1 amide bonds. The van der Waals surface area contributed by atoms with E-state index in [1.165, 1.54) is 30.7 Å². The van der Waals surface area contributed by atoms with Crippen molar-refractivity contribution in [2.24, 2.45) is 0 Å². The van der Waals surface area contributed by atoms with Gasteiger partial charge in [0.1, 0.15) is 24.0 Å². The second-order valence-corrected chi connectivity index (χ2v) is 14.9. The molecule has 3 aliphatic heterocycles. The number of piperazine rings is 1. The van der Waals surface area contributed by atoms with Gasteiger partial charge in [-0.15, -0.1) is 0 Å². The van der Waals surface area contributed by atoms with Crippen LogP contribution in [0.2, 0.25) is 5.02 Å². The fourth-order valence-electron chi connectivity index (χ4n) is 7.99. The number of halogens is 1. The van der Waals surface area contributed by atoms with Crippen molar-refractivity contribution in [1.82, 2.24) is 19.8 Å². The van der Waals surface area contributed by atoms with Crippen molar-refractivity contribution in [3.63, 3.8) is 0 Å². The molecule has 0 aliphatic carbocycles. The third-order valence-corrected chi connectivity index (χ3v) is 11.2. The van der Waals surface area contributed by atoms with Gasteiger partial charge in [-0.3, -0.25) is 14.9 Å². The first-order chi connectivity index (χ1) is 27.1. The number of anilines is 2. The van der Waals surface area contributed by atoms with E-state index in [0.717, 1.165) is 71.7 Å². The Morgan fingerprint density at radius 3 is 2.55 bits per heavy atom. The zero-order chi connectivity index (χ0) is 39.3. The lowest BCUT2D eigenvalue weighted by Crippen LogP contribution is -2.56. The van der Waals surface area contributed by atoms with E-state index in [0.29, 0.717) is 43.7 Å². The molecule has 290 valence electrons. The Morgan fingerprint density at radius 1 is 1.04 bits per heavy atom. The SMILES string of the molecule is C=C(COC(=O)Oc1ccc([N+](=O)[O-])cc1)C(=O)N1CCN(c2nc(CC[C@@H]3CCCN3C)nc3c2CCN(c2cccc4cccc(Cl)c24)C3)C[C@@H]1CC#N. The third kappa shape index (κ3) is 8.39. The summed E-state index contributed by atoms with van der Waals surface area (Å²) in [7, 11) is 2.18. The largest absolute Gasteiger partial charge is 0.514 e. The Labute approximate surface area is 330 Å². The Balaban J connectivity index is 1.07. The maximum absolute atomic E-state index is 13.7. The van der Waals surface area contributed by atoms with Gasteiger partial charge in [-0.2, -0.15) is 5.26 Å². The van der Waals surface area contributed by atoms with E-state index in [1.807, 2.05) is 12.1 Å². The number of aromatic nitrogens is 2. The average molecular weight is 779 g/mol. The molecule has 7 rings (SSSR count). The van der Waals surface area contributed by atoms with Gasteiger partial charge in [0.2, 0.25) is 0 Å². The lowest BCUT2D eigenvalue weighted by atomic mass is 10.00. The number of rotatable bonds is 11. The van der Waals surface area contributed by atoms with Crippen LogP contribution in [0.1, 0.15) is 42.8 Å². The fraction of sp³-hybridized carbons (Fsp3) is 0.390. The zero-order valence-corrected chi connectivity index (χ0v) is 32.0. The first-order valence-corrected chi connectivity index (χ1v) is 19.2. The Kier molecular flexibility index (Phi) is 11.6. The zero-order valence-electron chi connectivity index (χ0n) is 31.2. The minimum Gasteiger partial charge on any atom is -0.429 e. The van der Waals surface area contributed by atoms with Crippen molar-refractivity contribution in [3.05, 3.63) is 105 Å². The molecule has 0 bridgehead atoms. The molecule has 0 saturated carbocycles. The van der Waals surface area contributed by atoms with Gasteiger partial charge in [0.15, 0.2) is 0 Å². The molecule has 2 atom stereocenters. The molecule has 0 spiro atoms. The molecule has 0 unspecified atom stereocenters. The molecule has 0 radical (unpaired) electrons. The number of hydrogen-bond acceptors (Lipinski definition) is 12. The van der Waals surface area contributed by atoms with Gasteiger partial charge < -0.3 is 29.1 Å². The van der Waals surface area contributed by atoms with Crippen LogP contribution in [0.5, 0.6) is 5.75 Å². The Morgan fingerprint density at radius 2 is 1.82 bits per heavy atom. The van der Waals surface area contributed by atoms with Crippen LogP contribution in [0.3, 0.4) is 0 Å². The number of ether oxygens (including phenoxy) is 2. The minimum absolute atomic E-state index is 0.0225. The summed E-state index contributed by atoms with van der Waals surface area (Å²) in [6.45, 7) is 7.03. The van der Waals surface area contributed by atoms with Crippen LogP contribution in [-0.4, -0.2) is 95.2 Å². The minimum atomic E-state index is -1.09. The highest BCUT2D eigenvalue weighted by Gasteiger charge is 2.35. The normalized spacial score (nSPS) is 18.3. The molecule has 4 heterocycles. The monoisotopic (exact) mass is 778 g/mol. The number of nitriles is 1.